The van der Waals surface area contributed by atoms with E-state index in [0.717, 1.165) is 17.7 Å². The summed E-state index contributed by atoms with van der Waals surface area (Å²) in [6.07, 6.45) is 2.61. The van der Waals surface area contributed by atoms with E-state index < -0.39 is 0 Å². The van der Waals surface area contributed by atoms with Gasteiger partial charge in [0.15, 0.2) is 0 Å². The molecular formula is C13H15N3OS. The van der Waals surface area contributed by atoms with Crippen molar-refractivity contribution in [3.05, 3.63) is 46.2 Å². The van der Waals surface area contributed by atoms with Crippen molar-refractivity contribution in [1.82, 2.24) is 15.3 Å². The average Bonchev–Trinajstić information content (AvgIpc) is 2.91. The quantitative estimate of drug-likeness (QED) is 0.920. The van der Waals surface area contributed by atoms with Crippen LogP contribution in [0.5, 0.6) is 0 Å². The van der Waals surface area contributed by atoms with E-state index in [1.54, 1.807) is 10.9 Å². The molecule has 2 rings (SSSR count). The van der Waals surface area contributed by atoms with Crippen molar-refractivity contribution < 1.29 is 4.79 Å². The minimum atomic E-state index is -0.148. The molecule has 94 valence electrons. The van der Waals surface area contributed by atoms with Crippen LogP contribution in [-0.2, 0) is 0 Å². The molecule has 0 spiro atoms. The number of hydrogen-bond donors (Lipinski definition) is 1. The van der Waals surface area contributed by atoms with Crippen LogP contribution in [0.3, 0.4) is 0 Å². The number of carbonyl (C=O) groups excluding carboxylic acids is 1. The lowest BCUT2D eigenvalue weighted by Gasteiger charge is -2.15. The first-order valence-electron chi connectivity index (χ1n) is 5.82. The Balaban J connectivity index is 2.10. The minimum absolute atomic E-state index is 0.0696. The van der Waals surface area contributed by atoms with Gasteiger partial charge in [-0.15, -0.1) is 11.3 Å². The van der Waals surface area contributed by atoms with Gasteiger partial charge in [-0.3, -0.25) is 9.78 Å². The molecule has 2 heterocycles. The molecule has 0 saturated heterocycles. The second-order valence-electron chi connectivity index (χ2n) is 4.07. The summed E-state index contributed by atoms with van der Waals surface area (Å²) in [4.78, 5) is 20.3. The molecule has 2 aromatic heterocycles. The Morgan fingerprint density at radius 3 is 2.83 bits per heavy atom. The van der Waals surface area contributed by atoms with Crippen LogP contribution in [0.2, 0.25) is 0 Å². The van der Waals surface area contributed by atoms with E-state index in [1.807, 2.05) is 32.2 Å². The lowest BCUT2D eigenvalue weighted by molar-refractivity contribution is 0.0930. The molecule has 2 aromatic rings. The van der Waals surface area contributed by atoms with Gasteiger partial charge in [-0.25, -0.2) is 4.98 Å². The Morgan fingerprint density at radius 1 is 1.44 bits per heavy atom. The summed E-state index contributed by atoms with van der Waals surface area (Å²) in [5.41, 5.74) is 4.11. The number of nitrogens with one attached hydrogen (secondary N) is 1. The average molecular weight is 261 g/mol. The fourth-order valence-corrected chi connectivity index (χ4v) is 2.16. The van der Waals surface area contributed by atoms with Crippen LogP contribution in [0, 0.1) is 6.92 Å². The van der Waals surface area contributed by atoms with E-state index in [1.165, 1.54) is 11.3 Å². The van der Waals surface area contributed by atoms with Gasteiger partial charge in [-0.05, 0) is 25.0 Å². The summed E-state index contributed by atoms with van der Waals surface area (Å²) in [5.74, 6) is -0.148. The summed E-state index contributed by atoms with van der Waals surface area (Å²) < 4.78 is 0. The number of nitrogens with zero attached hydrogens (tertiary/aromatic N) is 2. The highest BCUT2D eigenvalue weighted by Gasteiger charge is 2.16. The van der Waals surface area contributed by atoms with E-state index in [-0.39, 0.29) is 11.9 Å². The number of aryl methyl sites for hydroxylation is 1. The third kappa shape index (κ3) is 2.92. The molecule has 1 amide bonds. The largest absolute Gasteiger partial charge is 0.342 e. The van der Waals surface area contributed by atoms with Crippen molar-refractivity contribution in [1.29, 1.82) is 0 Å². The number of aromatic nitrogens is 2. The van der Waals surface area contributed by atoms with E-state index in [0.29, 0.717) is 5.69 Å². The number of amides is 1. The van der Waals surface area contributed by atoms with Crippen LogP contribution >= 0.6 is 11.3 Å². The van der Waals surface area contributed by atoms with Gasteiger partial charge in [-0.1, -0.05) is 13.0 Å². The summed E-state index contributed by atoms with van der Waals surface area (Å²) in [7, 11) is 0. The van der Waals surface area contributed by atoms with E-state index in [2.05, 4.69) is 15.3 Å². The molecule has 0 unspecified atom stereocenters. The van der Waals surface area contributed by atoms with Gasteiger partial charge in [-0.2, -0.15) is 0 Å². The van der Waals surface area contributed by atoms with Gasteiger partial charge in [0.25, 0.3) is 5.91 Å². The molecule has 5 heteroatoms. The van der Waals surface area contributed by atoms with Crippen LogP contribution < -0.4 is 5.32 Å². The molecular weight excluding hydrogens is 246 g/mol. The van der Waals surface area contributed by atoms with Crippen molar-refractivity contribution >= 4 is 17.2 Å². The summed E-state index contributed by atoms with van der Waals surface area (Å²) in [5, 5.41) is 4.69. The van der Waals surface area contributed by atoms with Crippen molar-refractivity contribution in [3.8, 4) is 0 Å². The number of hydrogen-bond acceptors (Lipinski definition) is 4. The molecule has 0 bridgehead atoms. The first kappa shape index (κ1) is 12.7. The summed E-state index contributed by atoms with van der Waals surface area (Å²) in [6.45, 7) is 4.01. The Kier molecular flexibility index (Phi) is 4.04. The first-order valence-corrected chi connectivity index (χ1v) is 6.76. The van der Waals surface area contributed by atoms with Gasteiger partial charge in [0.1, 0.15) is 5.69 Å². The Morgan fingerprint density at radius 2 is 2.28 bits per heavy atom. The molecule has 0 radical (unpaired) electrons. The van der Waals surface area contributed by atoms with Gasteiger partial charge >= 0.3 is 0 Å². The second-order valence-corrected chi connectivity index (χ2v) is 4.79. The fraction of sp³-hybridized carbons (Fsp3) is 0.308. The monoisotopic (exact) mass is 261 g/mol. The van der Waals surface area contributed by atoms with Crippen LogP contribution in [0.1, 0.15) is 41.1 Å². The summed E-state index contributed by atoms with van der Waals surface area (Å²) in [6, 6.07) is 3.88. The van der Waals surface area contributed by atoms with Crippen molar-refractivity contribution in [3.63, 3.8) is 0 Å². The fourth-order valence-electron chi connectivity index (χ4n) is 1.63. The maximum absolute atomic E-state index is 11.9. The third-order valence-electron chi connectivity index (χ3n) is 2.67. The molecule has 0 fully saturated rings. The molecule has 0 aromatic carbocycles. The number of carbonyl (C=O) groups is 1. The lowest BCUT2D eigenvalue weighted by atomic mass is 10.1. The Labute approximate surface area is 110 Å². The molecule has 0 aliphatic rings. The molecule has 0 aliphatic carbocycles. The van der Waals surface area contributed by atoms with E-state index in [9.17, 15) is 4.79 Å². The normalized spacial score (nSPS) is 12.1. The van der Waals surface area contributed by atoms with Crippen molar-refractivity contribution in [2.75, 3.05) is 0 Å². The number of thiazole rings is 1. The maximum Gasteiger partial charge on any atom is 0.271 e. The van der Waals surface area contributed by atoms with Gasteiger partial charge in [0, 0.05) is 11.6 Å². The highest BCUT2D eigenvalue weighted by molar-refractivity contribution is 7.07. The zero-order valence-corrected chi connectivity index (χ0v) is 11.2. The van der Waals surface area contributed by atoms with Crippen molar-refractivity contribution in [2.24, 2.45) is 0 Å². The molecule has 0 saturated carbocycles. The predicted octanol–water partition coefficient (Wildman–Crippen LogP) is 2.73. The van der Waals surface area contributed by atoms with Gasteiger partial charge in [0.05, 0.1) is 17.2 Å². The highest BCUT2D eigenvalue weighted by Crippen LogP contribution is 2.15. The lowest BCUT2D eigenvalue weighted by Crippen LogP contribution is -2.28. The maximum atomic E-state index is 11.9. The third-order valence-corrected chi connectivity index (χ3v) is 3.26. The van der Waals surface area contributed by atoms with E-state index in [4.69, 9.17) is 0 Å². The number of rotatable bonds is 4. The topological polar surface area (TPSA) is 54.9 Å². The van der Waals surface area contributed by atoms with Crippen molar-refractivity contribution in [2.45, 2.75) is 26.3 Å². The van der Waals surface area contributed by atoms with Crippen LogP contribution in [-0.4, -0.2) is 15.9 Å². The zero-order chi connectivity index (χ0) is 13.0. The van der Waals surface area contributed by atoms with Gasteiger partial charge < -0.3 is 5.32 Å². The second kappa shape index (κ2) is 5.73. The Hall–Kier alpha value is -1.75. The number of pyridine rings is 1. The van der Waals surface area contributed by atoms with E-state index >= 15 is 0 Å². The molecule has 1 atom stereocenters. The van der Waals surface area contributed by atoms with Gasteiger partial charge in [0.2, 0.25) is 0 Å². The molecule has 4 nitrogen and oxygen atoms in total. The first-order chi connectivity index (χ1) is 8.70. The standard InChI is InChI=1S/C13H15N3OS/c1-3-10(11-5-4-9(2)6-14-11)16-13(17)12-7-18-8-15-12/h4-8,10H,3H2,1-2H3,(H,16,17)/t10-/m0/s1. The van der Waals surface area contributed by atoms with Crippen LogP contribution in [0.4, 0.5) is 0 Å². The molecule has 18 heavy (non-hydrogen) atoms. The predicted molar refractivity (Wildman–Crippen MR) is 71.6 cm³/mol. The van der Waals surface area contributed by atoms with Crippen LogP contribution in [0.15, 0.2) is 29.2 Å². The van der Waals surface area contributed by atoms with Crippen LogP contribution in [0.25, 0.3) is 0 Å². The zero-order valence-electron chi connectivity index (χ0n) is 10.4. The molecule has 1 N–H and O–H groups in total. The highest BCUT2D eigenvalue weighted by atomic mass is 32.1. The molecule has 0 aliphatic heterocycles. The minimum Gasteiger partial charge on any atom is -0.342 e. The summed E-state index contributed by atoms with van der Waals surface area (Å²) >= 11 is 1.41. The Bertz CT molecular complexity index is 508. The SMILES string of the molecule is CC[C@H](NC(=O)c1cscn1)c1ccc(C)cn1. The smallest absolute Gasteiger partial charge is 0.271 e.